The summed E-state index contributed by atoms with van der Waals surface area (Å²) in [6.07, 6.45) is -7.99. The molecular formula is C26H17F7N4O2. The normalized spacial score (nSPS) is 12.5. The van der Waals surface area contributed by atoms with E-state index >= 15 is 0 Å². The highest BCUT2D eigenvalue weighted by Crippen LogP contribution is 2.41. The molecule has 4 aromatic rings. The van der Waals surface area contributed by atoms with Crippen LogP contribution in [0.2, 0.25) is 0 Å². The summed E-state index contributed by atoms with van der Waals surface area (Å²) in [7, 11) is 1.39. The number of pyridine rings is 1. The Kier molecular flexibility index (Phi) is 7.18. The van der Waals surface area contributed by atoms with E-state index in [4.69, 9.17) is 0 Å². The van der Waals surface area contributed by atoms with E-state index in [9.17, 15) is 40.3 Å². The minimum absolute atomic E-state index is 0.129. The second kappa shape index (κ2) is 10.2. The molecular weight excluding hydrogens is 533 g/mol. The number of imidazole rings is 1. The van der Waals surface area contributed by atoms with Crippen molar-refractivity contribution in [1.29, 1.82) is 0 Å². The van der Waals surface area contributed by atoms with Gasteiger partial charge in [0.2, 0.25) is 5.91 Å². The largest absolute Gasteiger partial charge is 0.471 e. The van der Waals surface area contributed by atoms with E-state index in [1.54, 1.807) is 30.3 Å². The number of carbonyl (C=O) groups is 2. The molecule has 0 atom stereocenters. The molecule has 0 bridgehead atoms. The van der Waals surface area contributed by atoms with Crippen molar-refractivity contribution in [2.75, 3.05) is 12.4 Å². The predicted octanol–water partition coefficient (Wildman–Crippen LogP) is 5.84. The molecule has 0 fully saturated rings. The van der Waals surface area contributed by atoms with Crippen molar-refractivity contribution in [2.24, 2.45) is 0 Å². The van der Waals surface area contributed by atoms with Crippen molar-refractivity contribution in [1.82, 2.24) is 14.7 Å². The van der Waals surface area contributed by atoms with Crippen molar-refractivity contribution >= 4 is 28.9 Å². The average molecular weight is 550 g/mol. The van der Waals surface area contributed by atoms with Crippen molar-refractivity contribution < 1.29 is 40.3 Å². The van der Waals surface area contributed by atoms with Crippen LogP contribution < -0.4 is 10.6 Å². The number of likely N-dealkylation sites (N-methyl/N-ethyl adjacent to an activating group) is 1. The Balaban J connectivity index is 2.04. The van der Waals surface area contributed by atoms with E-state index in [0.29, 0.717) is 17.2 Å². The van der Waals surface area contributed by atoms with Gasteiger partial charge in [-0.25, -0.2) is 9.37 Å². The van der Waals surface area contributed by atoms with Gasteiger partial charge < -0.3 is 10.6 Å². The van der Waals surface area contributed by atoms with Gasteiger partial charge in [0.25, 0.3) is 0 Å². The molecule has 2 aromatic carbocycles. The Hall–Kier alpha value is -4.68. The maximum absolute atomic E-state index is 13.9. The first-order chi connectivity index (χ1) is 18.3. The van der Waals surface area contributed by atoms with Crippen molar-refractivity contribution in [3.63, 3.8) is 0 Å². The number of hydrogen-bond donors (Lipinski definition) is 2. The standard InChI is InChI=1S/C26H17F7N4O2/c1-34-21(38)12-18(14-5-3-2-4-6-14)15-7-10-20-35-23(36-24(39)26(31,32)33)22(37(20)13-15)17-9-8-16(27)11-19(17)25(28,29)30/h2-13H,1H3,(H,34,38)(H,36,39)/b18-12+. The third-order valence-corrected chi connectivity index (χ3v) is 5.57. The van der Waals surface area contributed by atoms with Crippen LogP contribution in [-0.2, 0) is 15.8 Å². The number of benzene rings is 2. The monoisotopic (exact) mass is 550 g/mol. The molecule has 2 heterocycles. The zero-order valence-corrected chi connectivity index (χ0v) is 19.8. The summed E-state index contributed by atoms with van der Waals surface area (Å²) in [5.41, 5.74) is -1.79. The first-order valence-corrected chi connectivity index (χ1v) is 11.1. The first-order valence-electron chi connectivity index (χ1n) is 11.1. The SMILES string of the molecule is CNC(=O)/C=C(\c1ccccc1)c1ccc2nc(NC(=O)C(F)(F)F)c(-c3ccc(F)cc3C(F)(F)F)n2c1. The molecule has 4 rings (SSSR count). The summed E-state index contributed by atoms with van der Waals surface area (Å²) >= 11 is 0. The smallest absolute Gasteiger partial charge is 0.356 e. The molecule has 0 aliphatic heterocycles. The quantitative estimate of drug-likeness (QED) is 0.242. The second-order valence-corrected chi connectivity index (χ2v) is 8.13. The van der Waals surface area contributed by atoms with Crippen molar-refractivity contribution in [2.45, 2.75) is 12.4 Å². The van der Waals surface area contributed by atoms with Crippen LogP contribution in [-0.4, -0.2) is 34.4 Å². The van der Waals surface area contributed by atoms with E-state index in [1.165, 1.54) is 36.8 Å². The highest BCUT2D eigenvalue weighted by Gasteiger charge is 2.41. The van der Waals surface area contributed by atoms with Gasteiger partial charge in [-0.05, 0) is 47.0 Å². The van der Waals surface area contributed by atoms with Gasteiger partial charge in [-0.1, -0.05) is 30.3 Å². The lowest BCUT2D eigenvalue weighted by molar-refractivity contribution is -0.167. The number of amides is 2. The van der Waals surface area contributed by atoms with Gasteiger partial charge in [-0.3, -0.25) is 14.0 Å². The van der Waals surface area contributed by atoms with Gasteiger partial charge in [-0.2, -0.15) is 26.3 Å². The Morgan fingerprint density at radius 2 is 1.62 bits per heavy atom. The topological polar surface area (TPSA) is 75.5 Å². The lowest BCUT2D eigenvalue weighted by atomic mass is 9.98. The molecule has 0 spiro atoms. The molecule has 0 saturated carbocycles. The van der Waals surface area contributed by atoms with Gasteiger partial charge in [0.1, 0.15) is 11.5 Å². The maximum Gasteiger partial charge on any atom is 0.471 e. The fourth-order valence-electron chi connectivity index (χ4n) is 3.84. The van der Waals surface area contributed by atoms with Gasteiger partial charge >= 0.3 is 18.3 Å². The van der Waals surface area contributed by atoms with Gasteiger partial charge in [0.15, 0.2) is 5.82 Å². The number of nitrogens with zero attached hydrogens (tertiary/aromatic N) is 2. The summed E-state index contributed by atoms with van der Waals surface area (Å²) < 4.78 is 95.7. The van der Waals surface area contributed by atoms with Crippen molar-refractivity contribution in [3.05, 3.63) is 95.4 Å². The van der Waals surface area contributed by atoms with Crippen LogP contribution in [0, 0.1) is 5.82 Å². The Labute approximate surface area is 215 Å². The molecule has 0 aliphatic rings. The number of nitrogens with one attached hydrogen (secondary N) is 2. The number of fused-ring (bicyclic) bond motifs is 1. The van der Waals surface area contributed by atoms with Gasteiger partial charge in [0, 0.05) is 24.9 Å². The number of anilines is 1. The lowest BCUT2D eigenvalue weighted by Gasteiger charge is -2.15. The third-order valence-electron chi connectivity index (χ3n) is 5.57. The second-order valence-electron chi connectivity index (χ2n) is 8.13. The molecule has 39 heavy (non-hydrogen) atoms. The molecule has 2 N–H and O–H groups in total. The zero-order valence-electron chi connectivity index (χ0n) is 19.8. The van der Waals surface area contributed by atoms with E-state index in [1.807, 2.05) is 0 Å². The van der Waals surface area contributed by atoms with E-state index in [2.05, 4.69) is 10.3 Å². The lowest BCUT2D eigenvalue weighted by Crippen LogP contribution is -2.30. The number of halogens is 7. The molecule has 0 saturated heterocycles. The molecule has 202 valence electrons. The summed E-state index contributed by atoms with van der Waals surface area (Å²) in [6.45, 7) is 0. The van der Waals surface area contributed by atoms with Crippen molar-refractivity contribution in [3.8, 4) is 11.3 Å². The van der Waals surface area contributed by atoms with Gasteiger partial charge in [0.05, 0.1) is 11.3 Å². The minimum atomic E-state index is -5.37. The highest BCUT2D eigenvalue weighted by molar-refractivity contribution is 6.00. The molecule has 0 radical (unpaired) electrons. The van der Waals surface area contributed by atoms with Crippen LogP contribution in [0.5, 0.6) is 0 Å². The number of aromatic nitrogens is 2. The number of carbonyl (C=O) groups excluding carboxylic acids is 2. The molecule has 2 aromatic heterocycles. The van der Waals surface area contributed by atoms with Crippen LogP contribution >= 0.6 is 0 Å². The summed E-state index contributed by atoms with van der Waals surface area (Å²) in [5, 5.41) is 3.95. The summed E-state index contributed by atoms with van der Waals surface area (Å²) in [4.78, 5) is 27.8. The molecule has 0 aliphatic carbocycles. The predicted molar refractivity (Wildman–Crippen MR) is 128 cm³/mol. The van der Waals surface area contributed by atoms with E-state index < -0.39 is 52.6 Å². The molecule has 13 heteroatoms. The number of alkyl halides is 6. The number of hydrogen-bond acceptors (Lipinski definition) is 3. The number of rotatable bonds is 5. The Morgan fingerprint density at radius 3 is 2.23 bits per heavy atom. The van der Waals surface area contributed by atoms with Crippen LogP contribution in [0.4, 0.5) is 36.6 Å². The van der Waals surface area contributed by atoms with Crippen LogP contribution in [0.3, 0.4) is 0 Å². The average Bonchev–Trinajstić information content (AvgIpc) is 3.23. The zero-order chi connectivity index (χ0) is 28.5. The third kappa shape index (κ3) is 5.76. The van der Waals surface area contributed by atoms with Crippen LogP contribution in [0.1, 0.15) is 16.7 Å². The minimum Gasteiger partial charge on any atom is -0.356 e. The fourth-order valence-corrected chi connectivity index (χ4v) is 3.84. The van der Waals surface area contributed by atoms with Crippen LogP contribution in [0.15, 0.2) is 72.9 Å². The summed E-state index contributed by atoms with van der Waals surface area (Å²) in [5.74, 6) is -5.03. The highest BCUT2D eigenvalue weighted by atomic mass is 19.4. The molecule has 0 unspecified atom stereocenters. The Bertz CT molecular complexity index is 1590. The fraction of sp³-hybridized carbons (Fsp3) is 0.115. The Morgan fingerprint density at radius 1 is 0.923 bits per heavy atom. The first kappa shape index (κ1) is 27.4. The van der Waals surface area contributed by atoms with Gasteiger partial charge in [-0.15, -0.1) is 0 Å². The summed E-state index contributed by atoms with van der Waals surface area (Å²) in [6, 6.07) is 12.8. The molecule has 2 amide bonds. The van der Waals surface area contributed by atoms with E-state index in [0.717, 1.165) is 10.5 Å². The van der Waals surface area contributed by atoms with Crippen LogP contribution in [0.25, 0.3) is 22.5 Å². The molecule has 6 nitrogen and oxygen atoms in total. The maximum atomic E-state index is 13.9. The van der Waals surface area contributed by atoms with E-state index in [-0.39, 0.29) is 17.3 Å².